The topological polar surface area (TPSA) is 47.5 Å². The molecule has 0 saturated carbocycles. The Hall–Kier alpha value is -2.03. The molecule has 1 aromatic carbocycles. The van der Waals surface area contributed by atoms with Crippen LogP contribution in [-0.2, 0) is 0 Å². The molecule has 0 fully saturated rings. The third-order valence-electron chi connectivity index (χ3n) is 2.00. The number of benzene rings is 1. The van der Waals surface area contributed by atoms with Crippen LogP contribution in [0.1, 0.15) is 0 Å². The van der Waals surface area contributed by atoms with Gasteiger partial charge in [0, 0.05) is 18.1 Å². The van der Waals surface area contributed by atoms with Gasteiger partial charge in [-0.2, -0.15) is 0 Å². The molecule has 0 radical (unpaired) electrons. The molecular weight excluding hydrogens is 174 g/mol. The van der Waals surface area contributed by atoms with Crippen LogP contribution in [0.25, 0.3) is 16.7 Å². The van der Waals surface area contributed by atoms with Gasteiger partial charge in [-0.3, -0.25) is 4.98 Å². The van der Waals surface area contributed by atoms with Crippen molar-refractivity contribution in [1.82, 2.24) is 4.98 Å². The van der Waals surface area contributed by atoms with Crippen molar-refractivity contribution in [3.63, 3.8) is 0 Å². The van der Waals surface area contributed by atoms with Crippen LogP contribution in [0, 0.1) is 0 Å². The molecule has 0 bridgehead atoms. The smallest absolute Gasteiger partial charge is 0.0396 e. The zero-order valence-electron chi connectivity index (χ0n) is 7.46. The van der Waals surface area contributed by atoms with Gasteiger partial charge in [0.05, 0.1) is 0 Å². The molecule has 14 heavy (non-hydrogen) atoms. The molecule has 1 heterocycles. The van der Waals surface area contributed by atoms with Crippen LogP contribution in [0.15, 0.2) is 53.9 Å². The van der Waals surface area contributed by atoms with Crippen molar-refractivity contribution >= 4 is 5.69 Å². The first kappa shape index (κ1) is 8.56. The molecule has 0 N–H and O–H groups in total. The summed E-state index contributed by atoms with van der Waals surface area (Å²) in [4.78, 5) is 3.95. The lowest BCUT2D eigenvalue weighted by Gasteiger charge is -2.02. The van der Waals surface area contributed by atoms with E-state index in [0.29, 0.717) is 5.69 Å². The van der Waals surface area contributed by atoms with Crippen LogP contribution in [0.5, 0.6) is 0 Å². The molecule has 2 aromatic rings. The lowest BCUT2D eigenvalue weighted by atomic mass is 10.1. The van der Waals surface area contributed by atoms with Crippen LogP contribution < -0.4 is 0 Å². The Kier molecular flexibility index (Phi) is 2.32. The van der Waals surface area contributed by atoms with Gasteiger partial charge in [-0.05, 0) is 35.4 Å². The van der Waals surface area contributed by atoms with Gasteiger partial charge in [-0.1, -0.05) is 12.1 Å². The molecule has 3 heteroatoms. The summed E-state index contributed by atoms with van der Waals surface area (Å²) < 4.78 is 0. The SMILES string of the molecule is [N-]=Nc1ccc(-c2ccncc2)cc1. The van der Waals surface area contributed by atoms with E-state index in [9.17, 15) is 0 Å². The molecule has 0 saturated heterocycles. The second-order valence-corrected chi connectivity index (χ2v) is 2.88. The van der Waals surface area contributed by atoms with Gasteiger partial charge in [0.15, 0.2) is 0 Å². The maximum atomic E-state index is 8.51. The number of rotatable bonds is 2. The van der Waals surface area contributed by atoms with E-state index in [0.717, 1.165) is 11.1 Å². The summed E-state index contributed by atoms with van der Waals surface area (Å²) in [6.07, 6.45) is 3.50. The maximum absolute atomic E-state index is 8.51. The number of pyridine rings is 1. The fourth-order valence-corrected chi connectivity index (χ4v) is 1.26. The van der Waals surface area contributed by atoms with E-state index < -0.39 is 0 Å². The fraction of sp³-hybridized carbons (Fsp3) is 0. The lowest BCUT2D eigenvalue weighted by Crippen LogP contribution is -1.76. The van der Waals surface area contributed by atoms with Gasteiger partial charge < -0.3 is 10.6 Å². The van der Waals surface area contributed by atoms with Crippen molar-refractivity contribution in [2.75, 3.05) is 0 Å². The molecule has 3 nitrogen and oxygen atoms in total. The summed E-state index contributed by atoms with van der Waals surface area (Å²) in [5, 5.41) is 3.09. The fourth-order valence-electron chi connectivity index (χ4n) is 1.26. The molecule has 0 aliphatic carbocycles. The lowest BCUT2D eigenvalue weighted by molar-refractivity contribution is 1.33. The minimum absolute atomic E-state index is 0.558. The standard InChI is InChI=1S/C11H8N3/c12-14-11-3-1-9(2-4-11)10-5-7-13-8-6-10/h1-8H/q-1. The van der Waals surface area contributed by atoms with Gasteiger partial charge in [-0.15, -0.1) is 0 Å². The first-order valence-corrected chi connectivity index (χ1v) is 4.26. The molecule has 0 spiro atoms. The normalized spacial score (nSPS) is 9.71. The van der Waals surface area contributed by atoms with Crippen molar-refractivity contribution in [2.24, 2.45) is 5.11 Å². The molecule has 1 aromatic heterocycles. The van der Waals surface area contributed by atoms with Crippen molar-refractivity contribution in [3.8, 4) is 11.1 Å². The molecule has 0 aliphatic heterocycles. The van der Waals surface area contributed by atoms with Crippen LogP contribution in [0.2, 0.25) is 0 Å². The van der Waals surface area contributed by atoms with E-state index in [1.54, 1.807) is 24.5 Å². The second-order valence-electron chi connectivity index (χ2n) is 2.88. The molecule has 68 valence electrons. The highest BCUT2D eigenvalue weighted by molar-refractivity contribution is 5.64. The van der Waals surface area contributed by atoms with E-state index in [2.05, 4.69) is 10.1 Å². The van der Waals surface area contributed by atoms with Crippen molar-refractivity contribution in [3.05, 3.63) is 54.3 Å². The minimum atomic E-state index is 0.558. The first-order valence-electron chi connectivity index (χ1n) is 4.26. The zero-order valence-corrected chi connectivity index (χ0v) is 7.46. The molecule has 0 aliphatic rings. The average Bonchev–Trinajstić information content (AvgIpc) is 2.30. The van der Waals surface area contributed by atoms with Gasteiger partial charge in [-0.25, -0.2) is 0 Å². The van der Waals surface area contributed by atoms with E-state index >= 15 is 0 Å². The van der Waals surface area contributed by atoms with Crippen LogP contribution in [-0.4, -0.2) is 4.98 Å². The summed E-state index contributed by atoms with van der Waals surface area (Å²) in [7, 11) is 0. The highest BCUT2D eigenvalue weighted by atomic mass is 14.9. The third-order valence-corrected chi connectivity index (χ3v) is 2.00. The Morgan fingerprint density at radius 3 is 2.00 bits per heavy atom. The number of aromatic nitrogens is 1. The average molecular weight is 182 g/mol. The molecule has 2 rings (SSSR count). The second kappa shape index (κ2) is 3.79. The summed E-state index contributed by atoms with van der Waals surface area (Å²) in [6, 6.07) is 11.2. The van der Waals surface area contributed by atoms with Crippen LogP contribution in [0.4, 0.5) is 5.69 Å². The van der Waals surface area contributed by atoms with Crippen molar-refractivity contribution < 1.29 is 0 Å². The van der Waals surface area contributed by atoms with E-state index in [1.807, 2.05) is 24.3 Å². The van der Waals surface area contributed by atoms with Gasteiger partial charge in [0.1, 0.15) is 0 Å². The Balaban J connectivity index is 2.39. The minimum Gasteiger partial charge on any atom is -0.706 e. The predicted octanol–water partition coefficient (Wildman–Crippen LogP) is 3.40. The molecule has 0 atom stereocenters. The largest absolute Gasteiger partial charge is 0.706 e. The Bertz CT molecular complexity index is 420. The number of hydrogen-bond acceptors (Lipinski definition) is 2. The first-order chi connectivity index (χ1) is 6.90. The zero-order chi connectivity index (χ0) is 9.80. The Morgan fingerprint density at radius 2 is 1.43 bits per heavy atom. The van der Waals surface area contributed by atoms with Crippen LogP contribution >= 0.6 is 0 Å². The predicted molar refractivity (Wildman–Crippen MR) is 55.1 cm³/mol. The number of nitrogens with zero attached hydrogens (tertiary/aromatic N) is 3. The Labute approximate surface area is 81.9 Å². The van der Waals surface area contributed by atoms with Crippen molar-refractivity contribution in [1.29, 1.82) is 0 Å². The quantitative estimate of drug-likeness (QED) is 0.656. The molecular formula is C11H8N3-. The molecule has 0 amide bonds. The van der Waals surface area contributed by atoms with Gasteiger partial charge in [0.25, 0.3) is 0 Å². The van der Waals surface area contributed by atoms with E-state index in [-0.39, 0.29) is 0 Å². The highest BCUT2D eigenvalue weighted by Gasteiger charge is 1.94. The molecule has 0 unspecified atom stereocenters. The van der Waals surface area contributed by atoms with Crippen molar-refractivity contribution in [2.45, 2.75) is 0 Å². The maximum Gasteiger partial charge on any atom is 0.0396 e. The monoisotopic (exact) mass is 182 g/mol. The summed E-state index contributed by atoms with van der Waals surface area (Å²) in [5.41, 5.74) is 11.3. The summed E-state index contributed by atoms with van der Waals surface area (Å²) in [5.74, 6) is 0. The van der Waals surface area contributed by atoms with E-state index in [1.165, 1.54) is 0 Å². The summed E-state index contributed by atoms with van der Waals surface area (Å²) in [6.45, 7) is 0. The third kappa shape index (κ3) is 1.66. The highest BCUT2D eigenvalue weighted by Crippen LogP contribution is 2.21. The van der Waals surface area contributed by atoms with Gasteiger partial charge in [0.2, 0.25) is 0 Å². The van der Waals surface area contributed by atoms with Crippen LogP contribution in [0.3, 0.4) is 0 Å². The Morgan fingerprint density at radius 1 is 0.857 bits per heavy atom. The number of hydrogen-bond donors (Lipinski definition) is 0. The van der Waals surface area contributed by atoms with E-state index in [4.69, 9.17) is 5.53 Å². The summed E-state index contributed by atoms with van der Waals surface area (Å²) >= 11 is 0. The van der Waals surface area contributed by atoms with Gasteiger partial charge >= 0.3 is 0 Å².